The Bertz CT molecular complexity index is 325. The average Bonchev–Trinajstić information content (AvgIpc) is 2.06. The number of hydrogen-bond acceptors (Lipinski definition) is 2. The molecular formula is C9H11ClNO2+. The molecule has 13 heavy (non-hydrogen) atoms. The Balaban J connectivity index is 2.75. The average molecular weight is 201 g/mol. The van der Waals surface area contributed by atoms with Crippen molar-refractivity contribution in [2.45, 2.75) is 13.5 Å². The SMILES string of the molecule is CC(=O)OCc1cc(Cl)cc[n+]1C. The van der Waals surface area contributed by atoms with E-state index in [-0.39, 0.29) is 12.6 Å². The summed E-state index contributed by atoms with van der Waals surface area (Å²) in [6.07, 6.45) is 1.82. The lowest BCUT2D eigenvalue weighted by Crippen LogP contribution is -2.33. The minimum absolute atomic E-state index is 0.256. The molecule has 0 bridgehead atoms. The van der Waals surface area contributed by atoms with Gasteiger partial charge >= 0.3 is 5.97 Å². The zero-order valence-corrected chi connectivity index (χ0v) is 8.34. The topological polar surface area (TPSA) is 30.2 Å². The van der Waals surface area contributed by atoms with Crippen LogP contribution in [0.15, 0.2) is 18.3 Å². The quantitative estimate of drug-likeness (QED) is 0.531. The highest BCUT2D eigenvalue weighted by Gasteiger charge is 2.08. The van der Waals surface area contributed by atoms with Gasteiger partial charge in [-0.15, -0.1) is 0 Å². The van der Waals surface area contributed by atoms with Gasteiger partial charge in [0.2, 0.25) is 5.69 Å². The lowest BCUT2D eigenvalue weighted by molar-refractivity contribution is -0.680. The third-order valence-corrected chi connectivity index (χ3v) is 1.87. The molecule has 0 atom stereocenters. The maximum atomic E-state index is 10.5. The molecule has 0 radical (unpaired) electrons. The standard InChI is InChI=1S/C9H11ClNO2/c1-7(12)13-6-9-5-8(10)3-4-11(9)2/h3-5H,6H2,1-2H3/q+1. The Labute approximate surface area is 81.9 Å². The molecule has 0 aliphatic rings. The number of aromatic nitrogens is 1. The molecule has 70 valence electrons. The van der Waals surface area contributed by atoms with Crippen LogP contribution in [0.3, 0.4) is 0 Å². The summed E-state index contributed by atoms with van der Waals surface area (Å²) in [6.45, 7) is 1.64. The molecule has 0 saturated carbocycles. The Morgan fingerprint density at radius 3 is 3.00 bits per heavy atom. The number of hydrogen-bond donors (Lipinski definition) is 0. The lowest BCUT2D eigenvalue weighted by Gasteiger charge is -2.00. The number of carbonyl (C=O) groups excluding carboxylic acids is 1. The van der Waals surface area contributed by atoms with Crippen LogP contribution in [0.2, 0.25) is 5.02 Å². The fourth-order valence-electron chi connectivity index (χ4n) is 0.907. The van der Waals surface area contributed by atoms with E-state index in [1.54, 1.807) is 12.1 Å². The van der Waals surface area contributed by atoms with E-state index in [0.717, 1.165) is 5.69 Å². The van der Waals surface area contributed by atoms with Gasteiger partial charge in [-0.05, 0) is 0 Å². The van der Waals surface area contributed by atoms with Crippen LogP contribution < -0.4 is 4.57 Å². The second-order valence-corrected chi connectivity index (χ2v) is 3.16. The number of rotatable bonds is 2. The van der Waals surface area contributed by atoms with Crippen molar-refractivity contribution < 1.29 is 14.1 Å². The molecule has 0 saturated heterocycles. The summed E-state index contributed by atoms with van der Waals surface area (Å²) in [5.74, 6) is -0.292. The van der Waals surface area contributed by atoms with Crippen LogP contribution in [0.5, 0.6) is 0 Å². The van der Waals surface area contributed by atoms with Crippen LogP contribution in [0.25, 0.3) is 0 Å². The maximum Gasteiger partial charge on any atom is 0.303 e. The zero-order valence-electron chi connectivity index (χ0n) is 7.58. The first-order valence-corrected chi connectivity index (χ1v) is 4.25. The highest BCUT2D eigenvalue weighted by atomic mass is 35.5. The van der Waals surface area contributed by atoms with Crippen molar-refractivity contribution in [2.75, 3.05) is 0 Å². The Hall–Kier alpha value is -1.09. The molecule has 1 heterocycles. The van der Waals surface area contributed by atoms with Crippen LogP contribution in [0.1, 0.15) is 12.6 Å². The van der Waals surface area contributed by atoms with Gasteiger partial charge < -0.3 is 4.74 Å². The molecule has 0 unspecified atom stereocenters. The summed E-state index contributed by atoms with van der Waals surface area (Å²) in [7, 11) is 1.87. The fraction of sp³-hybridized carbons (Fsp3) is 0.333. The van der Waals surface area contributed by atoms with Gasteiger partial charge in [0.25, 0.3) is 0 Å². The Morgan fingerprint density at radius 1 is 1.69 bits per heavy atom. The first kappa shape index (κ1) is 9.99. The van der Waals surface area contributed by atoms with E-state index in [1.165, 1.54) is 6.92 Å². The number of carbonyl (C=O) groups is 1. The second kappa shape index (κ2) is 4.23. The number of esters is 1. The molecule has 0 aromatic carbocycles. The predicted molar refractivity (Wildman–Crippen MR) is 48.1 cm³/mol. The molecule has 1 aromatic heterocycles. The molecule has 0 amide bonds. The van der Waals surface area contributed by atoms with Crippen molar-refractivity contribution in [3.63, 3.8) is 0 Å². The molecule has 3 nitrogen and oxygen atoms in total. The van der Waals surface area contributed by atoms with Gasteiger partial charge in [-0.25, -0.2) is 4.57 Å². The summed E-state index contributed by atoms with van der Waals surface area (Å²) in [4.78, 5) is 10.5. The van der Waals surface area contributed by atoms with E-state index in [9.17, 15) is 4.79 Å². The molecule has 0 fully saturated rings. The van der Waals surface area contributed by atoms with Gasteiger partial charge in [0.05, 0.1) is 5.02 Å². The third-order valence-electron chi connectivity index (χ3n) is 1.64. The molecule has 1 aromatic rings. The van der Waals surface area contributed by atoms with E-state index >= 15 is 0 Å². The Morgan fingerprint density at radius 2 is 2.38 bits per heavy atom. The smallest absolute Gasteiger partial charge is 0.303 e. The van der Waals surface area contributed by atoms with Gasteiger partial charge in [0, 0.05) is 19.1 Å². The van der Waals surface area contributed by atoms with E-state index in [4.69, 9.17) is 16.3 Å². The minimum atomic E-state index is -0.292. The van der Waals surface area contributed by atoms with Crippen LogP contribution in [-0.4, -0.2) is 5.97 Å². The highest BCUT2D eigenvalue weighted by Crippen LogP contribution is 2.07. The molecule has 0 aliphatic carbocycles. The van der Waals surface area contributed by atoms with Crippen LogP contribution in [-0.2, 0) is 23.2 Å². The predicted octanol–water partition coefficient (Wildman–Crippen LogP) is 1.23. The second-order valence-electron chi connectivity index (χ2n) is 2.73. The summed E-state index contributed by atoms with van der Waals surface area (Å²) in [5.41, 5.74) is 0.864. The maximum absolute atomic E-state index is 10.5. The molecule has 0 aliphatic heterocycles. The largest absolute Gasteiger partial charge is 0.455 e. The lowest BCUT2D eigenvalue weighted by atomic mass is 10.3. The number of pyridine rings is 1. The third kappa shape index (κ3) is 3.03. The fourth-order valence-corrected chi connectivity index (χ4v) is 1.09. The number of nitrogens with zero attached hydrogens (tertiary/aromatic N) is 1. The highest BCUT2D eigenvalue weighted by molar-refractivity contribution is 6.30. The summed E-state index contributed by atoms with van der Waals surface area (Å²) in [5, 5.41) is 0.639. The first-order chi connectivity index (χ1) is 6.09. The van der Waals surface area contributed by atoms with Crippen molar-refractivity contribution in [2.24, 2.45) is 7.05 Å². The summed E-state index contributed by atoms with van der Waals surface area (Å²) < 4.78 is 6.70. The zero-order chi connectivity index (χ0) is 9.84. The van der Waals surface area contributed by atoms with E-state index in [2.05, 4.69) is 0 Å². The first-order valence-electron chi connectivity index (χ1n) is 3.87. The van der Waals surface area contributed by atoms with Gasteiger partial charge in [0.1, 0.15) is 7.05 Å². The molecule has 0 N–H and O–H groups in total. The minimum Gasteiger partial charge on any atom is -0.455 e. The van der Waals surface area contributed by atoms with Crippen molar-refractivity contribution in [1.82, 2.24) is 0 Å². The number of aryl methyl sites for hydroxylation is 1. The van der Waals surface area contributed by atoms with Crippen molar-refractivity contribution in [3.05, 3.63) is 29.0 Å². The Kier molecular flexibility index (Phi) is 3.25. The van der Waals surface area contributed by atoms with Gasteiger partial charge in [-0.1, -0.05) is 11.6 Å². The van der Waals surface area contributed by atoms with Gasteiger partial charge in [-0.2, -0.15) is 0 Å². The van der Waals surface area contributed by atoms with Crippen LogP contribution >= 0.6 is 11.6 Å². The van der Waals surface area contributed by atoms with Crippen molar-refractivity contribution >= 4 is 17.6 Å². The van der Waals surface area contributed by atoms with Gasteiger partial charge in [-0.3, -0.25) is 4.79 Å². The molecular weight excluding hydrogens is 190 g/mol. The monoisotopic (exact) mass is 200 g/mol. The summed E-state index contributed by atoms with van der Waals surface area (Å²) >= 11 is 5.78. The van der Waals surface area contributed by atoms with E-state index < -0.39 is 0 Å². The van der Waals surface area contributed by atoms with E-state index in [0.29, 0.717) is 5.02 Å². The number of ether oxygens (including phenoxy) is 1. The van der Waals surface area contributed by atoms with E-state index in [1.807, 2.05) is 17.8 Å². The molecule has 0 spiro atoms. The van der Waals surface area contributed by atoms with Crippen molar-refractivity contribution in [1.29, 1.82) is 0 Å². The summed E-state index contributed by atoms with van der Waals surface area (Å²) in [6, 6.07) is 3.54. The van der Waals surface area contributed by atoms with Crippen LogP contribution in [0, 0.1) is 0 Å². The normalized spacial score (nSPS) is 9.77. The number of halogens is 1. The van der Waals surface area contributed by atoms with Gasteiger partial charge in [0.15, 0.2) is 12.8 Å². The van der Waals surface area contributed by atoms with Crippen molar-refractivity contribution in [3.8, 4) is 0 Å². The van der Waals surface area contributed by atoms with Crippen LogP contribution in [0.4, 0.5) is 0 Å². The molecule has 4 heteroatoms. The molecule has 1 rings (SSSR count).